The molecule has 0 fully saturated rings. The summed E-state index contributed by atoms with van der Waals surface area (Å²) < 4.78 is 0. The smallest absolute Gasteiger partial charge is 0.220 e. The number of nitrogens with one attached hydrogen (secondary N) is 1. The molecule has 0 saturated heterocycles. The van der Waals surface area contributed by atoms with Gasteiger partial charge in [0.1, 0.15) is 0 Å². The van der Waals surface area contributed by atoms with Gasteiger partial charge >= 0.3 is 0 Å². The molecule has 0 heterocycles. The molecule has 4 nitrogen and oxygen atoms in total. The van der Waals surface area contributed by atoms with Crippen molar-refractivity contribution >= 4 is 5.91 Å². The molecule has 0 rings (SSSR count). The lowest BCUT2D eigenvalue weighted by Crippen LogP contribution is -2.45. The van der Waals surface area contributed by atoms with Gasteiger partial charge in [0.25, 0.3) is 0 Å². The summed E-state index contributed by atoms with van der Waals surface area (Å²) >= 11 is 0. The molecule has 0 saturated carbocycles. The van der Waals surface area contributed by atoms with E-state index in [0.29, 0.717) is 6.42 Å². The molecule has 0 aliphatic carbocycles. The third-order valence-electron chi connectivity index (χ3n) is 10.5. The minimum atomic E-state index is -0.830. The van der Waals surface area contributed by atoms with Crippen LogP contribution >= 0.6 is 0 Å². The normalized spacial score (nSPS) is 13.0. The van der Waals surface area contributed by atoms with E-state index in [2.05, 4.69) is 19.2 Å². The number of aliphatic hydroxyl groups is 2. The third kappa shape index (κ3) is 38.2. The van der Waals surface area contributed by atoms with Gasteiger partial charge in [0, 0.05) is 6.42 Å². The van der Waals surface area contributed by atoms with Crippen LogP contribution in [0.2, 0.25) is 0 Å². The first-order chi connectivity index (χ1) is 24.2. The van der Waals surface area contributed by atoms with E-state index in [1.54, 1.807) is 6.08 Å². The fourth-order valence-corrected chi connectivity index (χ4v) is 7.06. The van der Waals surface area contributed by atoms with Crippen LogP contribution in [-0.2, 0) is 4.79 Å². The molecule has 0 aliphatic rings. The number of rotatable bonds is 41. The molecule has 0 bridgehead atoms. The fourth-order valence-electron chi connectivity index (χ4n) is 7.06. The summed E-state index contributed by atoms with van der Waals surface area (Å²) in [4.78, 5) is 12.3. The van der Waals surface area contributed by atoms with Crippen LogP contribution in [0.5, 0.6) is 0 Å². The first-order valence-corrected chi connectivity index (χ1v) is 22.4. The number of amides is 1. The van der Waals surface area contributed by atoms with Gasteiger partial charge < -0.3 is 15.5 Å². The van der Waals surface area contributed by atoms with Crippen molar-refractivity contribution in [3.63, 3.8) is 0 Å². The number of hydrogen-bond donors (Lipinski definition) is 3. The van der Waals surface area contributed by atoms with Crippen molar-refractivity contribution in [3.05, 3.63) is 12.2 Å². The van der Waals surface area contributed by atoms with Crippen molar-refractivity contribution in [2.45, 2.75) is 264 Å². The van der Waals surface area contributed by atoms with Gasteiger partial charge in [-0.15, -0.1) is 0 Å². The number of aliphatic hydroxyl groups excluding tert-OH is 2. The molecule has 3 N–H and O–H groups in total. The van der Waals surface area contributed by atoms with Gasteiger partial charge in [-0.2, -0.15) is 0 Å². The van der Waals surface area contributed by atoms with Gasteiger partial charge in [-0.1, -0.05) is 238 Å². The van der Waals surface area contributed by atoms with Crippen molar-refractivity contribution < 1.29 is 15.0 Å². The monoisotopic (exact) mass is 692 g/mol. The highest BCUT2D eigenvalue weighted by Gasteiger charge is 2.17. The lowest BCUT2D eigenvalue weighted by atomic mass is 10.0. The summed E-state index contributed by atoms with van der Waals surface area (Å²) in [5, 5.41) is 22.7. The average molecular weight is 692 g/mol. The minimum absolute atomic E-state index is 0.0650. The Bertz CT molecular complexity index is 666. The molecule has 0 radical (unpaired) electrons. The minimum Gasteiger partial charge on any atom is -0.394 e. The summed E-state index contributed by atoms with van der Waals surface area (Å²) in [7, 11) is 0. The summed E-state index contributed by atoms with van der Waals surface area (Å²) in [6, 6.07) is -0.613. The standard InChI is InChI=1S/C45H89NO3/c1-3-5-7-9-11-12-13-14-15-16-17-18-19-20-21-22-23-24-25-26-27-28-29-30-31-32-33-34-35-37-39-41-45(49)46-43(42-47)44(48)40-38-36-10-8-6-4-2/h38,40,43-44,47-48H,3-37,39,41-42H2,1-2H3,(H,46,49)/b40-38+. The van der Waals surface area contributed by atoms with Crippen molar-refractivity contribution in [2.24, 2.45) is 0 Å². The van der Waals surface area contributed by atoms with E-state index in [9.17, 15) is 15.0 Å². The largest absolute Gasteiger partial charge is 0.394 e. The zero-order chi connectivity index (χ0) is 35.7. The molecule has 2 unspecified atom stereocenters. The van der Waals surface area contributed by atoms with Crippen molar-refractivity contribution in [2.75, 3.05) is 6.61 Å². The van der Waals surface area contributed by atoms with Crippen LogP contribution in [0.15, 0.2) is 12.2 Å². The molecule has 0 aromatic carbocycles. The average Bonchev–Trinajstić information content (AvgIpc) is 3.10. The maximum Gasteiger partial charge on any atom is 0.220 e. The van der Waals surface area contributed by atoms with Crippen molar-refractivity contribution in [3.8, 4) is 0 Å². The first kappa shape index (κ1) is 48.1. The second-order valence-corrected chi connectivity index (χ2v) is 15.5. The predicted molar refractivity (Wildman–Crippen MR) is 216 cm³/mol. The lowest BCUT2D eigenvalue weighted by molar-refractivity contribution is -0.123. The molecule has 49 heavy (non-hydrogen) atoms. The maximum absolute atomic E-state index is 12.3. The molecular formula is C45H89NO3. The van der Waals surface area contributed by atoms with E-state index in [-0.39, 0.29) is 12.5 Å². The van der Waals surface area contributed by atoms with Crippen LogP contribution in [0.25, 0.3) is 0 Å². The van der Waals surface area contributed by atoms with Crippen LogP contribution in [0.4, 0.5) is 0 Å². The molecule has 4 heteroatoms. The highest BCUT2D eigenvalue weighted by atomic mass is 16.3. The van der Waals surface area contributed by atoms with E-state index in [4.69, 9.17) is 0 Å². The van der Waals surface area contributed by atoms with Crippen molar-refractivity contribution in [1.82, 2.24) is 5.32 Å². The molecule has 0 spiro atoms. The quantitative estimate of drug-likeness (QED) is 0.0441. The SMILES string of the molecule is CCCCCC/C=C/C(O)C(CO)NC(=O)CCCCCCCCCCCCCCCCCCCCCCCCCCCCCCCCC. The van der Waals surface area contributed by atoms with Gasteiger partial charge in [0.15, 0.2) is 0 Å². The number of carbonyl (C=O) groups is 1. The predicted octanol–water partition coefficient (Wildman–Crippen LogP) is 13.9. The lowest BCUT2D eigenvalue weighted by Gasteiger charge is -2.20. The third-order valence-corrected chi connectivity index (χ3v) is 10.5. The van der Waals surface area contributed by atoms with Crippen LogP contribution in [0, 0.1) is 0 Å². The number of allylic oxidation sites excluding steroid dienone is 1. The first-order valence-electron chi connectivity index (χ1n) is 22.4. The van der Waals surface area contributed by atoms with E-state index in [0.717, 1.165) is 25.7 Å². The van der Waals surface area contributed by atoms with E-state index < -0.39 is 12.1 Å². The van der Waals surface area contributed by atoms with Gasteiger partial charge in [-0.25, -0.2) is 0 Å². The van der Waals surface area contributed by atoms with Crippen LogP contribution in [0.1, 0.15) is 251 Å². The van der Waals surface area contributed by atoms with Crippen LogP contribution < -0.4 is 5.32 Å². The molecule has 1 amide bonds. The van der Waals surface area contributed by atoms with Gasteiger partial charge in [0.05, 0.1) is 18.8 Å². The van der Waals surface area contributed by atoms with E-state index in [1.165, 1.54) is 205 Å². The molecule has 292 valence electrons. The van der Waals surface area contributed by atoms with Crippen molar-refractivity contribution in [1.29, 1.82) is 0 Å². The second kappa shape index (κ2) is 41.5. The molecular weight excluding hydrogens is 602 g/mol. The van der Waals surface area contributed by atoms with Gasteiger partial charge in [-0.3, -0.25) is 4.79 Å². The number of hydrogen-bond acceptors (Lipinski definition) is 3. The summed E-state index contributed by atoms with van der Waals surface area (Å²) in [6.07, 6.45) is 52.3. The van der Waals surface area contributed by atoms with Crippen LogP contribution in [0.3, 0.4) is 0 Å². The molecule has 2 atom stereocenters. The Morgan fingerprint density at radius 1 is 0.469 bits per heavy atom. The Morgan fingerprint density at radius 2 is 0.755 bits per heavy atom. The van der Waals surface area contributed by atoms with E-state index >= 15 is 0 Å². The summed E-state index contributed by atoms with van der Waals surface area (Å²) in [5.41, 5.74) is 0. The highest BCUT2D eigenvalue weighted by Crippen LogP contribution is 2.17. The van der Waals surface area contributed by atoms with Gasteiger partial charge in [-0.05, 0) is 19.3 Å². The molecule has 0 aromatic heterocycles. The number of unbranched alkanes of at least 4 members (excludes halogenated alkanes) is 34. The van der Waals surface area contributed by atoms with E-state index in [1.807, 2.05) is 6.08 Å². The topological polar surface area (TPSA) is 69.6 Å². The molecule has 0 aliphatic heterocycles. The Morgan fingerprint density at radius 3 is 1.06 bits per heavy atom. The second-order valence-electron chi connectivity index (χ2n) is 15.5. The Hall–Kier alpha value is -0.870. The Balaban J connectivity index is 3.31. The zero-order valence-electron chi connectivity index (χ0n) is 33.5. The highest BCUT2D eigenvalue weighted by molar-refractivity contribution is 5.76. The fraction of sp³-hybridized carbons (Fsp3) is 0.933. The maximum atomic E-state index is 12.3. The number of carbonyl (C=O) groups excluding carboxylic acids is 1. The summed E-state index contributed by atoms with van der Waals surface area (Å²) in [5.74, 6) is -0.0650. The van der Waals surface area contributed by atoms with Gasteiger partial charge in [0.2, 0.25) is 5.91 Å². The molecule has 0 aromatic rings. The van der Waals surface area contributed by atoms with Crippen LogP contribution in [-0.4, -0.2) is 34.9 Å². The Kier molecular flexibility index (Phi) is 40.8. The zero-order valence-corrected chi connectivity index (χ0v) is 33.5. The summed E-state index contributed by atoms with van der Waals surface area (Å²) in [6.45, 7) is 4.25. The Labute approximate surface area is 307 Å².